The molecule has 0 saturated heterocycles. The van der Waals surface area contributed by atoms with Crippen LogP contribution in [-0.4, -0.2) is 31.8 Å². The van der Waals surface area contributed by atoms with Gasteiger partial charge in [-0.15, -0.1) is 10.2 Å². The fourth-order valence-corrected chi connectivity index (χ4v) is 3.61. The van der Waals surface area contributed by atoms with E-state index in [0.29, 0.717) is 5.89 Å². The van der Waals surface area contributed by atoms with Crippen molar-refractivity contribution in [2.24, 2.45) is 0 Å². The predicted molar refractivity (Wildman–Crippen MR) is 105 cm³/mol. The Balaban J connectivity index is 1.38. The van der Waals surface area contributed by atoms with E-state index in [-0.39, 0.29) is 27.0 Å². The van der Waals surface area contributed by atoms with E-state index < -0.39 is 4.92 Å². The first kappa shape index (κ1) is 18.1. The van der Waals surface area contributed by atoms with Crippen LogP contribution in [0.5, 0.6) is 0 Å². The number of hydrogen-bond donors (Lipinski definition) is 1. The third kappa shape index (κ3) is 4.00. The molecule has 0 unspecified atom stereocenters. The number of nitrogens with one attached hydrogen (secondary N) is 1. The summed E-state index contributed by atoms with van der Waals surface area (Å²) < 4.78 is 5.61. The van der Waals surface area contributed by atoms with Crippen molar-refractivity contribution in [2.45, 2.75) is 5.22 Å². The van der Waals surface area contributed by atoms with Crippen LogP contribution in [0, 0.1) is 10.1 Å². The molecule has 28 heavy (non-hydrogen) atoms. The molecular weight excluding hydrogens is 402 g/mol. The van der Waals surface area contributed by atoms with Crippen LogP contribution in [0.3, 0.4) is 0 Å². The molecule has 4 aromatic rings. The Morgan fingerprint density at radius 2 is 2.04 bits per heavy atom. The SMILES string of the molecule is O=C(CSc1nnc(-c2ccc3ccccc3c2)o1)Nc1ncc([N+](=O)[O-])s1. The minimum atomic E-state index is -0.561. The van der Waals surface area contributed by atoms with E-state index in [2.05, 4.69) is 20.5 Å². The highest BCUT2D eigenvalue weighted by Gasteiger charge is 2.15. The fourth-order valence-electron chi connectivity index (χ4n) is 2.40. The molecule has 0 aliphatic carbocycles. The number of fused-ring (bicyclic) bond motifs is 1. The lowest BCUT2D eigenvalue weighted by Gasteiger charge is -2.00. The van der Waals surface area contributed by atoms with Gasteiger partial charge in [0.2, 0.25) is 11.8 Å². The number of thiazole rings is 1. The first-order valence-corrected chi connectivity index (χ1v) is 9.74. The number of anilines is 1. The van der Waals surface area contributed by atoms with Crippen LogP contribution in [0.1, 0.15) is 0 Å². The third-order valence-corrected chi connectivity index (χ3v) is 5.33. The van der Waals surface area contributed by atoms with Crippen molar-refractivity contribution >= 4 is 49.9 Å². The highest BCUT2D eigenvalue weighted by molar-refractivity contribution is 7.99. The van der Waals surface area contributed by atoms with E-state index in [4.69, 9.17) is 4.42 Å². The second-order valence-electron chi connectivity index (χ2n) is 5.53. The molecule has 0 aliphatic heterocycles. The van der Waals surface area contributed by atoms with E-state index in [1.165, 1.54) is 0 Å². The molecule has 0 fully saturated rings. The Labute approximate surface area is 166 Å². The van der Waals surface area contributed by atoms with Gasteiger partial charge < -0.3 is 9.73 Å². The molecule has 11 heteroatoms. The summed E-state index contributed by atoms with van der Waals surface area (Å²) in [5.41, 5.74) is 0.789. The Morgan fingerprint density at radius 1 is 1.21 bits per heavy atom. The summed E-state index contributed by atoms with van der Waals surface area (Å²) >= 11 is 1.86. The molecule has 4 rings (SSSR count). The molecular formula is C17H11N5O4S2. The number of aromatic nitrogens is 3. The maximum Gasteiger partial charge on any atom is 0.345 e. The minimum Gasteiger partial charge on any atom is -0.411 e. The summed E-state index contributed by atoms with van der Waals surface area (Å²) in [4.78, 5) is 25.8. The van der Waals surface area contributed by atoms with Gasteiger partial charge >= 0.3 is 5.00 Å². The lowest BCUT2D eigenvalue weighted by Crippen LogP contribution is -2.13. The van der Waals surface area contributed by atoms with Crippen molar-refractivity contribution in [3.05, 3.63) is 58.8 Å². The van der Waals surface area contributed by atoms with Crippen molar-refractivity contribution in [2.75, 3.05) is 11.1 Å². The van der Waals surface area contributed by atoms with E-state index in [1.807, 2.05) is 42.5 Å². The number of rotatable bonds is 6. The summed E-state index contributed by atoms with van der Waals surface area (Å²) in [5, 5.41) is 23.6. The number of carbonyl (C=O) groups excluding carboxylic acids is 1. The summed E-state index contributed by atoms with van der Waals surface area (Å²) in [6.45, 7) is 0. The Hall–Kier alpha value is -3.31. The van der Waals surface area contributed by atoms with E-state index >= 15 is 0 Å². The van der Waals surface area contributed by atoms with E-state index in [9.17, 15) is 14.9 Å². The zero-order valence-corrected chi connectivity index (χ0v) is 15.7. The molecule has 2 aromatic carbocycles. The summed E-state index contributed by atoms with van der Waals surface area (Å²) in [6, 6.07) is 13.8. The lowest BCUT2D eigenvalue weighted by atomic mass is 10.1. The number of benzene rings is 2. The van der Waals surface area contributed by atoms with E-state index in [1.54, 1.807) is 0 Å². The maximum atomic E-state index is 12.0. The van der Waals surface area contributed by atoms with Crippen molar-refractivity contribution < 1.29 is 14.1 Å². The Kier molecular flexibility index (Phi) is 5.00. The quantitative estimate of drug-likeness (QED) is 0.286. The summed E-state index contributed by atoms with van der Waals surface area (Å²) in [5.74, 6) is -0.00359. The molecule has 140 valence electrons. The van der Waals surface area contributed by atoms with Gasteiger partial charge in [0.15, 0.2) is 5.13 Å². The number of carbonyl (C=O) groups is 1. The molecule has 1 amide bonds. The first-order chi connectivity index (χ1) is 13.6. The Bertz CT molecular complexity index is 1170. The number of nitro groups is 1. The van der Waals surface area contributed by atoms with Crippen molar-refractivity contribution in [1.29, 1.82) is 0 Å². The molecule has 9 nitrogen and oxygen atoms in total. The first-order valence-electron chi connectivity index (χ1n) is 7.94. The van der Waals surface area contributed by atoms with Crippen molar-refractivity contribution in [1.82, 2.24) is 15.2 Å². The minimum absolute atomic E-state index is 0.00668. The second kappa shape index (κ2) is 7.74. The zero-order valence-electron chi connectivity index (χ0n) is 14.1. The van der Waals surface area contributed by atoms with Gasteiger partial charge in [-0.3, -0.25) is 14.9 Å². The number of nitrogens with zero attached hydrogens (tertiary/aromatic N) is 4. The van der Waals surface area contributed by atoms with Gasteiger partial charge in [-0.2, -0.15) is 0 Å². The molecule has 0 atom stereocenters. The predicted octanol–water partition coefficient (Wildman–Crippen LogP) is 3.99. The van der Waals surface area contributed by atoms with Gasteiger partial charge in [-0.05, 0) is 34.2 Å². The molecule has 0 aliphatic rings. The topological polar surface area (TPSA) is 124 Å². The maximum absolute atomic E-state index is 12.0. The molecule has 2 aromatic heterocycles. The number of thioether (sulfide) groups is 1. The smallest absolute Gasteiger partial charge is 0.345 e. The van der Waals surface area contributed by atoms with Gasteiger partial charge in [-0.25, -0.2) is 4.98 Å². The average Bonchev–Trinajstić information content (AvgIpc) is 3.36. The molecule has 1 N–H and O–H groups in total. The van der Waals surface area contributed by atoms with E-state index in [0.717, 1.165) is 45.6 Å². The third-order valence-electron chi connectivity index (χ3n) is 3.65. The highest BCUT2D eigenvalue weighted by atomic mass is 32.2. The van der Waals surface area contributed by atoms with Crippen LogP contribution >= 0.6 is 23.1 Å². The van der Waals surface area contributed by atoms with Crippen molar-refractivity contribution in [3.63, 3.8) is 0 Å². The van der Waals surface area contributed by atoms with Gasteiger partial charge in [0.05, 0.1) is 10.7 Å². The molecule has 0 saturated carbocycles. The Morgan fingerprint density at radius 3 is 2.82 bits per heavy atom. The van der Waals surface area contributed by atoms with Crippen LogP contribution < -0.4 is 5.32 Å². The summed E-state index contributed by atoms with van der Waals surface area (Å²) in [7, 11) is 0. The van der Waals surface area contributed by atoms with Crippen LogP contribution in [0.4, 0.5) is 10.1 Å². The van der Waals surface area contributed by atoms with Gasteiger partial charge in [0.1, 0.15) is 6.20 Å². The standard InChI is InChI=1S/C17H11N5O4S2/c23-13(19-16-18-8-14(28-16)22(24)25)9-27-17-21-20-15(26-17)12-6-5-10-3-1-2-4-11(10)7-12/h1-8H,9H2,(H,18,19,23). The monoisotopic (exact) mass is 413 g/mol. The van der Waals surface area contributed by atoms with Crippen LogP contribution in [0.25, 0.3) is 22.2 Å². The molecule has 0 spiro atoms. The second-order valence-corrected chi connectivity index (χ2v) is 7.47. The van der Waals surface area contributed by atoms with Crippen molar-refractivity contribution in [3.8, 4) is 11.5 Å². The number of amides is 1. The summed E-state index contributed by atoms with van der Waals surface area (Å²) in [6.07, 6.45) is 1.10. The van der Waals surface area contributed by atoms with Gasteiger partial charge in [0.25, 0.3) is 5.22 Å². The fraction of sp³-hybridized carbons (Fsp3) is 0.0588. The molecule has 0 bridgehead atoms. The zero-order chi connectivity index (χ0) is 19.5. The van der Waals surface area contributed by atoms with Gasteiger partial charge in [0, 0.05) is 5.56 Å². The number of hydrogen-bond acceptors (Lipinski definition) is 9. The normalized spacial score (nSPS) is 10.9. The van der Waals surface area contributed by atoms with Crippen LogP contribution in [0.2, 0.25) is 0 Å². The molecule has 2 heterocycles. The van der Waals surface area contributed by atoms with Crippen LogP contribution in [-0.2, 0) is 4.79 Å². The highest BCUT2D eigenvalue weighted by Crippen LogP contribution is 2.27. The average molecular weight is 413 g/mol. The van der Waals surface area contributed by atoms with Crippen LogP contribution in [0.15, 0.2) is 58.3 Å². The largest absolute Gasteiger partial charge is 0.411 e. The van der Waals surface area contributed by atoms with Gasteiger partial charge in [-0.1, -0.05) is 42.1 Å². The molecule has 0 radical (unpaired) electrons. The lowest BCUT2D eigenvalue weighted by molar-refractivity contribution is -0.380.